The lowest BCUT2D eigenvalue weighted by Gasteiger charge is -2.21. The van der Waals surface area contributed by atoms with Crippen molar-refractivity contribution < 1.29 is 4.79 Å². The Morgan fingerprint density at radius 2 is 2.07 bits per heavy atom. The first kappa shape index (κ1) is 12.5. The Morgan fingerprint density at radius 1 is 1.40 bits per heavy atom. The molecule has 1 aliphatic heterocycles. The minimum Gasteiger partial charge on any atom is -0.339 e. The molecule has 0 aliphatic carbocycles. The van der Waals surface area contributed by atoms with Crippen molar-refractivity contribution in [2.45, 2.75) is 52.6 Å². The molecule has 15 heavy (non-hydrogen) atoms. The fourth-order valence-corrected chi connectivity index (χ4v) is 1.95. The lowest BCUT2D eigenvalue weighted by molar-refractivity contribution is -0.130. The van der Waals surface area contributed by atoms with Crippen LogP contribution in [0.25, 0.3) is 0 Å². The number of rotatable bonds is 5. The summed E-state index contributed by atoms with van der Waals surface area (Å²) in [6.45, 7) is 10.4. The molecule has 1 heterocycles. The summed E-state index contributed by atoms with van der Waals surface area (Å²) in [5.41, 5.74) is 0. The van der Waals surface area contributed by atoms with Gasteiger partial charge in [0.1, 0.15) is 0 Å². The number of hydrogen-bond acceptors (Lipinski definition) is 2. The van der Waals surface area contributed by atoms with Gasteiger partial charge in [-0.25, -0.2) is 0 Å². The number of nitrogens with one attached hydrogen (secondary N) is 1. The SMILES string of the molecule is CC(C)CCNC1CCN(C(C)C)C1=O. The maximum atomic E-state index is 11.9. The number of hydrogen-bond donors (Lipinski definition) is 1. The molecule has 1 saturated heterocycles. The first-order valence-electron chi connectivity index (χ1n) is 6.06. The minimum atomic E-state index is 0.0751. The number of nitrogens with zero attached hydrogens (tertiary/aromatic N) is 1. The largest absolute Gasteiger partial charge is 0.339 e. The standard InChI is InChI=1S/C12H24N2O/c1-9(2)5-7-13-11-6-8-14(10(3)4)12(11)15/h9-11,13H,5-8H2,1-4H3. The third kappa shape index (κ3) is 3.49. The highest BCUT2D eigenvalue weighted by atomic mass is 16.2. The zero-order valence-corrected chi connectivity index (χ0v) is 10.4. The van der Waals surface area contributed by atoms with Gasteiger partial charge in [0.05, 0.1) is 6.04 Å². The summed E-state index contributed by atoms with van der Waals surface area (Å²) in [5, 5.41) is 3.36. The Balaban J connectivity index is 2.30. The fraction of sp³-hybridized carbons (Fsp3) is 0.917. The third-order valence-corrected chi connectivity index (χ3v) is 2.98. The molecule has 1 atom stereocenters. The molecule has 0 aromatic carbocycles. The molecular formula is C12H24N2O. The molecule has 1 rings (SSSR count). The van der Waals surface area contributed by atoms with Crippen molar-refractivity contribution in [2.75, 3.05) is 13.1 Å². The highest BCUT2D eigenvalue weighted by Crippen LogP contribution is 2.14. The van der Waals surface area contributed by atoms with Gasteiger partial charge in [0.15, 0.2) is 0 Å². The predicted molar refractivity (Wildman–Crippen MR) is 62.7 cm³/mol. The molecule has 0 bridgehead atoms. The van der Waals surface area contributed by atoms with Crippen LogP contribution in [0.5, 0.6) is 0 Å². The van der Waals surface area contributed by atoms with Gasteiger partial charge >= 0.3 is 0 Å². The lowest BCUT2D eigenvalue weighted by atomic mass is 10.1. The molecule has 1 unspecified atom stereocenters. The highest BCUT2D eigenvalue weighted by Gasteiger charge is 2.32. The van der Waals surface area contributed by atoms with Crippen molar-refractivity contribution in [3.05, 3.63) is 0 Å². The van der Waals surface area contributed by atoms with E-state index in [4.69, 9.17) is 0 Å². The van der Waals surface area contributed by atoms with Gasteiger partial charge in [-0.3, -0.25) is 4.79 Å². The van der Waals surface area contributed by atoms with Gasteiger partial charge in [-0.1, -0.05) is 13.8 Å². The van der Waals surface area contributed by atoms with Crippen LogP contribution in [0.1, 0.15) is 40.5 Å². The summed E-state index contributed by atoms with van der Waals surface area (Å²) in [7, 11) is 0. The second-order valence-corrected chi connectivity index (χ2v) is 5.10. The van der Waals surface area contributed by atoms with Gasteiger partial charge in [-0.2, -0.15) is 0 Å². The molecule has 0 aromatic rings. The van der Waals surface area contributed by atoms with Crippen LogP contribution in [0.15, 0.2) is 0 Å². The first-order valence-corrected chi connectivity index (χ1v) is 6.06. The van der Waals surface area contributed by atoms with E-state index in [2.05, 4.69) is 33.0 Å². The topological polar surface area (TPSA) is 32.3 Å². The highest BCUT2D eigenvalue weighted by molar-refractivity contribution is 5.84. The number of carbonyl (C=O) groups is 1. The maximum absolute atomic E-state index is 11.9. The molecule has 0 aromatic heterocycles. The van der Waals surface area contributed by atoms with Crippen molar-refractivity contribution in [1.82, 2.24) is 10.2 Å². The number of carbonyl (C=O) groups excluding carboxylic acids is 1. The van der Waals surface area contributed by atoms with E-state index in [1.165, 1.54) is 0 Å². The van der Waals surface area contributed by atoms with Gasteiger partial charge in [0, 0.05) is 12.6 Å². The average molecular weight is 212 g/mol. The molecule has 3 nitrogen and oxygen atoms in total. The quantitative estimate of drug-likeness (QED) is 0.751. The average Bonchev–Trinajstić information content (AvgIpc) is 2.47. The van der Waals surface area contributed by atoms with E-state index in [9.17, 15) is 4.79 Å². The molecule has 88 valence electrons. The van der Waals surface area contributed by atoms with Crippen molar-refractivity contribution >= 4 is 5.91 Å². The molecule has 1 N–H and O–H groups in total. The monoisotopic (exact) mass is 212 g/mol. The van der Waals surface area contributed by atoms with E-state index in [1.807, 2.05) is 4.90 Å². The van der Waals surface area contributed by atoms with Gasteiger partial charge in [0.2, 0.25) is 5.91 Å². The normalized spacial score (nSPS) is 22.1. The zero-order valence-electron chi connectivity index (χ0n) is 10.4. The van der Waals surface area contributed by atoms with Crippen LogP contribution < -0.4 is 5.32 Å². The summed E-state index contributed by atoms with van der Waals surface area (Å²) in [6, 6.07) is 0.417. The Bertz CT molecular complexity index is 214. The van der Waals surface area contributed by atoms with Crippen LogP contribution in [0.3, 0.4) is 0 Å². The Labute approximate surface area is 93.2 Å². The molecule has 0 saturated carbocycles. The van der Waals surface area contributed by atoms with E-state index in [1.54, 1.807) is 0 Å². The summed E-state index contributed by atoms with van der Waals surface area (Å²) < 4.78 is 0. The third-order valence-electron chi connectivity index (χ3n) is 2.98. The Hall–Kier alpha value is -0.570. The van der Waals surface area contributed by atoms with Crippen LogP contribution in [0.2, 0.25) is 0 Å². The zero-order chi connectivity index (χ0) is 11.4. The second-order valence-electron chi connectivity index (χ2n) is 5.10. The maximum Gasteiger partial charge on any atom is 0.240 e. The Morgan fingerprint density at radius 3 is 2.53 bits per heavy atom. The van der Waals surface area contributed by atoms with E-state index in [0.717, 1.165) is 25.9 Å². The van der Waals surface area contributed by atoms with Gasteiger partial charge in [-0.05, 0) is 39.2 Å². The van der Waals surface area contributed by atoms with E-state index < -0.39 is 0 Å². The minimum absolute atomic E-state index is 0.0751. The summed E-state index contributed by atoms with van der Waals surface area (Å²) in [5.74, 6) is 0.990. The van der Waals surface area contributed by atoms with Gasteiger partial charge in [0.25, 0.3) is 0 Å². The van der Waals surface area contributed by atoms with E-state index in [-0.39, 0.29) is 11.9 Å². The second kappa shape index (κ2) is 5.50. The predicted octanol–water partition coefficient (Wildman–Crippen LogP) is 1.63. The summed E-state index contributed by atoms with van der Waals surface area (Å²) >= 11 is 0. The van der Waals surface area contributed by atoms with Crippen LogP contribution in [-0.4, -0.2) is 36.0 Å². The lowest BCUT2D eigenvalue weighted by Crippen LogP contribution is -2.41. The fourth-order valence-electron chi connectivity index (χ4n) is 1.95. The smallest absolute Gasteiger partial charge is 0.240 e. The van der Waals surface area contributed by atoms with Crippen molar-refractivity contribution in [2.24, 2.45) is 5.92 Å². The van der Waals surface area contributed by atoms with Crippen molar-refractivity contribution in [1.29, 1.82) is 0 Å². The molecule has 1 amide bonds. The van der Waals surface area contributed by atoms with Crippen molar-refractivity contribution in [3.63, 3.8) is 0 Å². The molecule has 1 aliphatic rings. The van der Waals surface area contributed by atoms with Crippen LogP contribution in [0.4, 0.5) is 0 Å². The molecular weight excluding hydrogens is 188 g/mol. The molecule has 0 radical (unpaired) electrons. The number of amides is 1. The van der Waals surface area contributed by atoms with Gasteiger partial charge < -0.3 is 10.2 Å². The van der Waals surface area contributed by atoms with Crippen LogP contribution in [0, 0.1) is 5.92 Å². The first-order chi connectivity index (χ1) is 7.02. The molecule has 3 heteroatoms. The Kier molecular flexibility index (Phi) is 4.58. The van der Waals surface area contributed by atoms with Crippen molar-refractivity contribution in [3.8, 4) is 0 Å². The molecule has 0 spiro atoms. The van der Waals surface area contributed by atoms with Gasteiger partial charge in [-0.15, -0.1) is 0 Å². The summed E-state index contributed by atoms with van der Waals surface area (Å²) in [6.07, 6.45) is 2.11. The van der Waals surface area contributed by atoms with E-state index >= 15 is 0 Å². The molecule has 1 fully saturated rings. The van der Waals surface area contributed by atoms with E-state index in [0.29, 0.717) is 12.0 Å². The van der Waals surface area contributed by atoms with Crippen LogP contribution >= 0.6 is 0 Å². The van der Waals surface area contributed by atoms with Crippen LogP contribution in [-0.2, 0) is 4.79 Å². The summed E-state index contributed by atoms with van der Waals surface area (Å²) in [4.78, 5) is 13.9. The number of likely N-dealkylation sites (tertiary alicyclic amines) is 1.